The second-order valence-corrected chi connectivity index (χ2v) is 11.9. The van der Waals surface area contributed by atoms with Crippen molar-refractivity contribution in [3.63, 3.8) is 0 Å². The van der Waals surface area contributed by atoms with Crippen molar-refractivity contribution in [3.05, 3.63) is 99.7 Å². The molecule has 8 rings (SSSR count). The van der Waals surface area contributed by atoms with Gasteiger partial charge in [0.25, 0.3) is 0 Å². The molecular formula is C34H32O5. The Hall–Kier alpha value is -3.86. The molecule has 5 heteroatoms. The van der Waals surface area contributed by atoms with Crippen LogP contribution >= 0.6 is 0 Å². The fraction of sp³-hybridized carbons (Fsp3) is 0.353. The van der Waals surface area contributed by atoms with Crippen LogP contribution in [0.1, 0.15) is 60.0 Å². The molecule has 198 valence electrons. The number of carbonyl (C=O) groups excluding carboxylic acids is 1. The molecule has 0 N–H and O–H groups in total. The van der Waals surface area contributed by atoms with Crippen LogP contribution in [0.15, 0.2) is 82.0 Å². The molecule has 0 radical (unpaired) electrons. The zero-order valence-electron chi connectivity index (χ0n) is 22.2. The second-order valence-electron chi connectivity index (χ2n) is 11.9. The number of esters is 1. The molecule has 5 nitrogen and oxygen atoms in total. The predicted octanol–water partition coefficient (Wildman–Crippen LogP) is 7.29. The van der Waals surface area contributed by atoms with Crippen molar-refractivity contribution < 1.29 is 18.7 Å². The third kappa shape index (κ3) is 4.34. The van der Waals surface area contributed by atoms with Crippen LogP contribution in [0.2, 0.25) is 0 Å². The highest BCUT2D eigenvalue weighted by Crippen LogP contribution is 2.62. The van der Waals surface area contributed by atoms with Crippen molar-refractivity contribution in [1.82, 2.24) is 0 Å². The molecule has 39 heavy (non-hydrogen) atoms. The van der Waals surface area contributed by atoms with Crippen molar-refractivity contribution in [1.29, 1.82) is 0 Å². The minimum Gasteiger partial charge on any atom is -0.489 e. The molecule has 4 saturated carbocycles. The van der Waals surface area contributed by atoms with Crippen molar-refractivity contribution >= 4 is 16.9 Å². The van der Waals surface area contributed by atoms with Crippen molar-refractivity contribution in [2.24, 2.45) is 17.8 Å². The average molecular weight is 521 g/mol. The van der Waals surface area contributed by atoms with Crippen molar-refractivity contribution in [2.75, 3.05) is 7.11 Å². The molecule has 4 aliphatic carbocycles. The van der Waals surface area contributed by atoms with Crippen molar-refractivity contribution in [3.8, 4) is 17.1 Å². The first-order valence-electron chi connectivity index (χ1n) is 14.0. The van der Waals surface area contributed by atoms with E-state index in [-0.39, 0.29) is 10.8 Å². The molecule has 0 aliphatic heterocycles. The molecule has 0 unspecified atom stereocenters. The van der Waals surface area contributed by atoms with Gasteiger partial charge < -0.3 is 13.9 Å². The van der Waals surface area contributed by atoms with Crippen LogP contribution in [0.5, 0.6) is 5.75 Å². The Bertz CT molecular complexity index is 1580. The third-order valence-corrected chi connectivity index (χ3v) is 9.26. The minimum atomic E-state index is -0.480. The van der Waals surface area contributed by atoms with Crippen LogP contribution in [0.25, 0.3) is 22.3 Å². The molecule has 4 bridgehead atoms. The summed E-state index contributed by atoms with van der Waals surface area (Å²) in [6.07, 6.45) is 7.73. The first-order chi connectivity index (χ1) is 19.0. The Morgan fingerprint density at radius 1 is 0.897 bits per heavy atom. The molecule has 4 fully saturated rings. The van der Waals surface area contributed by atoms with Crippen LogP contribution in [0.4, 0.5) is 0 Å². The number of hydrogen-bond acceptors (Lipinski definition) is 5. The van der Waals surface area contributed by atoms with Gasteiger partial charge in [0.15, 0.2) is 5.43 Å². The van der Waals surface area contributed by atoms with Gasteiger partial charge in [0, 0.05) is 17.2 Å². The first-order valence-corrected chi connectivity index (χ1v) is 14.0. The molecule has 0 amide bonds. The van der Waals surface area contributed by atoms with E-state index in [0.29, 0.717) is 28.9 Å². The number of methoxy groups -OCH3 is 1. The maximum absolute atomic E-state index is 13.1. The van der Waals surface area contributed by atoms with E-state index in [2.05, 4.69) is 24.3 Å². The standard InChI is InChI=1S/C34H32O5/c1-37-33(36)26-8-9-30-27(14-26)29(35)16-32(39-30)25-7-10-31(38-20-21-5-3-2-4-6-21)28(15-25)34-17-22-11-23(18-34)13-24(12-22)19-34/h2-10,14-16,22-24H,11-13,17-20H2,1H3. The van der Waals surface area contributed by atoms with E-state index in [1.165, 1.54) is 63.3 Å². The topological polar surface area (TPSA) is 65.7 Å². The fourth-order valence-electron chi connectivity index (χ4n) is 7.94. The smallest absolute Gasteiger partial charge is 0.337 e. The summed E-state index contributed by atoms with van der Waals surface area (Å²) in [5.41, 5.74) is 3.99. The van der Waals surface area contributed by atoms with E-state index in [4.69, 9.17) is 13.9 Å². The summed E-state index contributed by atoms with van der Waals surface area (Å²) in [6, 6.07) is 22.9. The maximum Gasteiger partial charge on any atom is 0.337 e. The zero-order valence-corrected chi connectivity index (χ0v) is 22.2. The van der Waals surface area contributed by atoms with E-state index in [0.717, 1.165) is 34.6 Å². The van der Waals surface area contributed by atoms with Gasteiger partial charge in [-0.15, -0.1) is 0 Å². The molecule has 0 saturated heterocycles. The number of benzene rings is 3. The number of ether oxygens (including phenoxy) is 2. The lowest BCUT2D eigenvalue weighted by atomic mass is 9.48. The Labute approximate surface area is 227 Å². The van der Waals surface area contributed by atoms with Crippen LogP contribution in [-0.2, 0) is 16.8 Å². The minimum absolute atomic E-state index is 0.114. The SMILES string of the molecule is COC(=O)c1ccc2oc(-c3ccc(OCc4ccccc4)c(C45CC6CC(CC(C6)C4)C5)c3)cc(=O)c2c1. The van der Waals surface area contributed by atoms with Crippen LogP contribution in [0.3, 0.4) is 0 Å². The van der Waals surface area contributed by atoms with Gasteiger partial charge in [0.1, 0.15) is 23.7 Å². The summed E-state index contributed by atoms with van der Waals surface area (Å²) < 4.78 is 17.6. The van der Waals surface area contributed by atoms with Gasteiger partial charge in [-0.05, 0) is 104 Å². The van der Waals surface area contributed by atoms with Gasteiger partial charge >= 0.3 is 5.97 Å². The van der Waals surface area contributed by atoms with Gasteiger partial charge in [0.2, 0.25) is 0 Å². The number of carbonyl (C=O) groups is 1. The zero-order chi connectivity index (χ0) is 26.6. The largest absolute Gasteiger partial charge is 0.489 e. The molecule has 1 heterocycles. The molecule has 0 atom stereocenters. The van der Waals surface area contributed by atoms with E-state index >= 15 is 0 Å². The highest BCUT2D eigenvalue weighted by atomic mass is 16.5. The van der Waals surface area contributed by atoms with Gasteiger partial charge in [-0.2, -0.15) is 0 Å². The Morgan fingerprint density at radius 2 is 1.62 bits per heavy atom. The Morgan fingerprint density at radius 3 is 2.31 bits per heavy atom. The predicted molar refractivity (Wildman–Crippen MR) is 150 cm³/mol. The summed E-state index contributed by atoms with van der Waals surface area (Å²) in [5, 5.41) is 0.366. The van der Waals surface area contributed by atoms with Gasteiger partial charge in [-0.25, -0.2) is 4.79 Å². The quantitative estimate of drug-likeness (QED) is 0.250. The van der Waals surface area contributed by atoms with Gasteiger partial charge in [-0.3, -0.25) is 4.79 Å². The lowest BCUT2D eigenvalue weighted by Gasteiger charge is -2.57. The van der Waals surface area contributed by atoms with Crippen LogP contribution in [0, 0.1) is 17.8 Å². The molecular weight excluding hydrogens is 488 g/mol. The lowest BCUT2D eigenvalue weighted by Crippen LogP contribution is -2.48. The Kier molecular flexibility index (Phi) is 5.84. The monoisotopic (exact) mass is 520 g/mol. The summed E-state index contributed by atoms with van der Waals surface area (Å²) in [6.45, 7) is 0.521. The first kappa shape index (κ1) is 24.2. The third-order valence-electron chi connectivity index (χ3n) is 9.26. The van der Waals surface area contributed by atoms with E-state index in [1.807, 2.05) is 24.3 Å². The maximum atomic E-state index is 13.1. The fourth-order valence-corrected chi connectivity index (χ4v) is 7.94. The summed E-state index contributed by atoms with van der Waals surface area (Å²) >= 11 is 0. The van der Waals surface area contributed by atoms with E-state index in [9.17, 15) is 9.59 Å². The summed E-state index contributed by atoms with van der Waals surface area (Å²) in [7, 11) is 1.33. The summed E-state index contributed by atoms with van der Waals surface area (Å²) in [5.74, 6) is 3.37. The van der Waals surface area contributed by atoms with E-state index in [1.54, 1.807) is 12.1 Å². The molecule has 0 spiro atoms. The second kappa shape index (κ2) is 9.41. The Balaban J connectivity index is 1.30. The van der Waals surface area contributed by atoms with Gasteiger partial charge in [-0.1, -0.05) is 30.3 Å². The number of rotatable bonds is 6. The van der Waals surface area contributed by atoms with Crippen molar-refractivity contribution in [2.45, 2.75) is 50.5 Å². The number of fused-ring (bicyclic) bond motifs is 1. The number of hydrogen-bond donors (Lipinski definition) is 0. The highest BCUT2D eigenvalue weighted by Gasteiger charge is 2.52. The highest BCUT2D eigenvalue weighted by molar-refractivity contribution is 5.94. The molecule has 1 aromatic heterocycles. The normalized spacial score (nSPS) is 25.1. The van der Waals surface area contributed by atoms with Gasteiger partial charge in [0.05, 0.1) is 18.1 Å². The average Bonchev–Trinajstić information content (AvgIpc) is 2.95. The van der Waals surface area contributed by atoms with E-state index < -0.39 is 5.97 Å². The van der Waals surface area contributed by atoms with Crippen LogP contribution in [-0.4, -0.2) is 13.1 Å². The molecule has 4 aliphatic rings. The summed E-state index contributed by atoms with van der Waals surface area (Å²) in [4.78, 5) is 25.1. The van der Waals surface area contributed by atoms with Crippen LogP contribution < -0.4 is 10.2 Å². The lowest BCUT2D eigenvalue weighted by molar-refractivity contribution is -0.00645. The molecule has 3 aromatic carbocycles. The molecule has 4 aromatic rings.